The van der Waals surface area contributed by atoms with Crippen molar-refractivity contribution >= 4 is 23.3 Å². The summed E-state index contributed by atoms with van der Waals surface area (Å²) < 4.78 is 30.0. The quantitative estimate of drug-likeness (QED) is 0.572. The van der Waals surface area contributed by atoms with Crippen LogP contribution >= 0.6 is 0 Å². The average Bonchev–Trinajstić information content (AvgIpc) is 3.13. The lowest BCUT2D eigenvalue weighted by molar-refractivity contribution is -0.126. The molecule has 12 heteroatoms. The second kappa shape index (κ2) is 9.56. The van der Waals surface area contributed by atoms with Crippen molar-refractivity contribution in [2.24, 2.45) is 5.92 Å². The van der Waals surface area contributed by atoms with Crippen LogP contribution in [0.15, 0.2) is 12.4 Å². The average molecular weight is 465 g/mol. The monoisotopic (exact) mass is 464 g/mol. The van der Waals surface area contributed by atoms with Crippen molar-refractivity contribution in [2.45, 2.75) is 38.0 Å². The number of carbonyl (C=O) groups is 2. The minimum Gasteiger partial charge on any atom is -0.381 e. The largest absolute Gasteiger partial charge is 0.381 e. The van der Waals surface area contributed by atoms with E-state index < -0.39 is 30.0 Å². The van der Waals surface area contributed by atoms with E-state index >= 15 is 4.39 Å². The van der Waals surface area contributed by atoms with Gasteiger partial charge in [-0.3, -0.25) is 19.4 Å². The number of nitrogens with two attached hydrogens (primary N) is 1. The molecule has 2 aromatic heterocycles. The van der Waals surface area contributed by atoms with Crippen molar-refractivity contribution in [1.82, 2.24) is 35.0 Å². The summed E-state index contributed by atoms with van der Waals surface area (Å²) in [6.07, 6.45) is 2.18. The Morgan fingerprint density at radius 2 is 2.00 bits per heavy atom. The van der Waals surface area contributed by atoms with E-state index in [-0.39, 0.29) is 35.4 Å². The molecule has 180 valence electrons. The number of nitrogen functional groups attached to an aromatic ring is 1. The normalized spacial score (nSPS) is 25.3. The van der Waals surface area contributed by atoms with Crippen LogP contribution in [-0.4, -0.2) is 94.2 Å². The molecule has 0 bridgehead atoms. The molecule has 0 radical (unpaired) electrons. The number of nitrogens with zero attached hydrogens (tertiary/aromatic N) is 5. The molecule has 4 rings (SSSR count). The second-order valence-electron chi connectivity index (χ2n) is 8.66. The first-order valence-corrected chi connectivity index (χ1v) is 11.2. The number of carbonyl (C=O) groups excluding carboxylic acids is 2. The number of aromatic nitrogens is 3. The fraction of sp³-hybridized carbons (Fsp3) is 0.619. The van der Waals surface area contributed by atoms with E-state index in [1.165, 1.54) is 0 Å². The third-order valence-corrected chi connectivity index (χ3v) is 6.70. The number of nitrogens with one attached hydrogen (secondary N) is 2. The van der Waals surface area contributed by atoms with E-state index in [1.807, 2.05) is 16.7 Å². The van der Waals surface area contributed by atoms with Gasteiger partial charge in [-0.1, -0.05) is 6.92 Å². The van der Waals surface area contributed by atoms with Crippen LogP contribution in [0.3, 0.4) is 0 Å². The summed E-state index contributed by atoms with van der Waals surface area (Å²) in [7, 11) is 1.62. The van der Waals surface area contributed by atoms with Crippen molar-refractivity contribution < 1.29 is 18.4 Å². The molecule has 2 aliphatic rings. The molecule has 4 N–H and O–H groups in total. The molecule has 2 aromatic rings. The van der Waals surface area contributed by atoms with E-state index in [4.69, 9.17) is 5.73 Å². The lowest BCUT2D eigenvalue weighted by atomic mass is 9.90. The maximum atomic E-state index is 15.4. The number of halogens is 2. The zero-order chi connectivity index (χ0) is 23.7. The number of amides is 2. The molecule has 2 saturated heterocycles. The molecule has 3 unspecified atom stereocenters. The van der Waals surface area contributed by atoms with Gasteiger partial charge in [0.15, 0.2) is 17.3 Å². The maximum absolute atomic E-state index is 15.4. The highest BCUT2D eigenvalue weighted by atomic mass is 19.1. The molecule has 2 aliphatic heterocycles. The van der Waals surface area contributed by atoms with Crippen molar-refractivity contribution in [3.63, 3.8) is 0 Å². The van der Waals surface area contributed by atoms with Crippen LogP contribution < -0.4 is 16.4 Å². The highest BCUT2D eigenvalue weighted by Gasteiger charge is 2.43. The van der Waals surface area contributed by atoms with Crippen LogP contribution in [0.25, 0.3) is 5.65 Å². The van der Waals surface area contributed by atoms with Gasteiger partial charge in [-0.2, -0.15) is 0 Å². The van der Waals surface area contributed by atoms with Gasteiger partial charge < -0.3 is 16.4 Å². The Morgan fingerprint density at radius 1 is 1.27 bits per heavy atom. The number of hydrogen-bond donors (Lipinski definition) is 3. The highest BCUT2D eigenvalue weighted by Crippen LogP contribution is 2.27. The summed E-state index contributed by atoms with van der Waals surface area (Å²) >= 11 is 0. The summed E-state index contributed by atoms with van der Waals surface area (Å²) in [6.45, 7) is 4.50. The molecule has 3 atom stereocenters. The molecular weight excluding hydrogens is 434 g/mol. The number of rotatable bonds is 5. The van der Waals surface area contributed by atoms with E-state index in [9.17, 15) is 14.0 Å². The predicted octanol–water partition coefficient (Wildman–Crippen LogP) is 0.0492. The van der Waals surface area contributed by atoms with Crippen molar-refractivity contribution in [3.05, 3.63) is 23.8 Å². The van der Waals surface area contributed by atoms with Gasteiger partial charge in [0.05, 0.1) is 24.5 Å². The first-order valence-electron chi connectivity index (χ1n) is 11.2. The third kappa shape index (κ3) is 4.62. The molecule has 0 aromatic carbocycles. The van der Waals surface area contributed by atoms with Crippen LogP contribution in [0, 0.1) is 11.7 Å². The van der Waals surface area contributed by atoms with E-state index in [2.05, 4.69) is 20.7 Å². The second-order valence-corrected chi connectivity index (χ2v) is 8.66. The molecule has 2 amide bonds. The standard InChI is InChI=1S/C21H30F2N8O2/c1-3-29-10-14(23)17(30-6-4-12(5-7-30)20(32)25-2)15(11-29)27-21(33)16-18(24)28-31-9-13(22)8-26-19(16)31/h8-9,12,14-15,17H,3-7,10-11H2,1-2H3,(H2,24,28)(H,25,32)(H,27,33). The van der Waals surface area contributed by atoms with Crippen LogP contribution in [0.4, 0.5) is 14.6 Å². The summed E-state index contributed by atoms with van der Waals surface area (Å²) in [6, 6.07) is -1.04. The number of anilines is 1. The predicted molar refractivity (Wildman–Crippen MR) is 118 cm³/mol. The molecule has 33 heavy (non-hydrogen) atoms. The Bertz CT molecular complexity index is 1020. The Morgan fingerprint density at radius 3 is 2.67 bits per heavy atom. The maximum Gasteiger partial charge on any atom is 0.259 e. The summed E-state index contributed by atoms with van der Waals surface area (Å²) in [5.41, 5.74) is 6.11. The van der Waals surface area contributed by atoms with Gasteiger partial charge in [0.1, 0.15) is 11.7 Å². The summed E-state index contributed by atoms with van der Waals surface area (Å²) in [4.78, 5) is 33.1. The molecule has 0 aliphatic carbocycles. The van der Waals surface area contributed by atoms with Gasteiger partial charge in [0.25, 0.3) is 5.91 Å². The Kier molecular flexibility index (Phi) is 6.75. The Hall–Kier alpha value is -2.86. The number of alkyl halides is 1. The minimum atomic E-state index is -1.17. The van der Waals surface area contributed by atoms with Gasteiger partial charge >= 0.3 is 0 Å². The molecule has 0 spiro atoms. The van der Waals surface area contributed by atoms with Crippen LogP contribution in [0.5, 0.6) is 0 Å². The Labute approximate surface area is 190 Å². The van der Waals surface area contributed by atoms with Gasteiger partial charge in [0.2, 0.25) is 5.91 Å². The van der Waals surface area contributed by atoms with Crippen LogP contribution in [-0.2, 0) is 4.79 Å². The van der Waals surface area contributed by atoms with Gasteiger partial charge in [0, 0.05) is 26.1 Å². The molecule has 10 nitrogen and oxygen atoms in total. The summed E-state index contributed by atoms with van der Waals surface area (Å²) in [5, 5.41) is 9.60. The van der Waals surface area contributed by atoms with Crippen molar-refractivity contribution in [3.8, 4) is 0 Å². The molecular formula is C21H30F2N8O2. The number of likely N-dealkylation sites (N-methyl/N-ethyl adjacent to an activating group) is 1. The zero-order valence-corrected chi connectivity index (χ0v) is 18.8. The smallest absolute Gasteiger partial charge is 0.259 e. The zero-order valence-electron chi connectivity index (χ0n) is 18.8. The summed E-state index contributed by atoms with van der Waals surface area (Å²) in [5.74, 6) is -1.29. The van der Waals surface area contributed by atoms with Crippen LogP contribution in [0.2, 0.25) is 0 Å². The number of piperidine rings is 2. The van der Waals surface area contributed by atoms with Gasteiger partial charge in [-0.15, -0.1) is 5.10 Å². The van der Waals surface area contributed by atoms with Crippen molar-refractivity contribution in [1.29, 1.82) is 0 Å². The lowest BCUT2D eigenvalue weighted by Gasteiger charge is -2.47. The SMILES string of the molecule is CCN1CC(F)C(N2CCC(C(=O)NC)CC2)C(NC(=O)c2c(N)nn3cc(F)cnc23)C1. The molecule has 2 fully saturated rings. The van der Waals surface area contributed by atoms with E-state index in [0.717, 1.165) is 16.9 Å². The highest BCUT2D eigenvalue weighted by molar-refractivity contribution is 6.04. The van der Waals surface area contributed by atoms with Crippen molar-refractivity contribution in [2.75, 3.05) is 45.5 Å². The fourth-order valence-electron chi connectivity index (χ4n) is 4.99. The molecule has 0 saturated carbocycles. The first kappa shape index (κ1) is 23.3. The van der Waals surface area contributed by atoms with Gasteiger partial charge in [-0.05, 0) is 32.5 Å². The van der Waals surface area contributed by atoms with Gasteiger partial charge in [-0.25, -0.2) is 18.3 Å². The molecule has 4 heterocycles. The topological polar surface area (TPSA) is 121 Å². The number of fused-ring (bicyclic) bond motifs is 1. The Balaban J connectivity index is 1.55. The van der Waals surface area contributed by atoms with E-state index in [1.54, 1.807) is 7.05 Å². The lowest BCUT2D eigenvalue weighted by Crippen LogP contribution is -2.66. The van der Waals surface area contributed by atoms with Crippen LogP contribution in [0.1, 0.15) is 30.1 Å². The number of hydrogen-bond acceptors (Lipinski definition) is 7. The third-order valence-electron chi connectivity index (χ3n) is 6.70. The minimum absolute atomic E-state index is 0.00426. The number of likely N-dealkylation sites (tertiary alicyclic amines) is 2. The van der Waals surface area contributed by atoms with E-state index in [0.29, 0.717) is 39.0 Å². The first-order chi connectivity index (χ1) is 15.8. The fourth-order valence-corrected chi connectivity index (χ4v) is 4.99.